The molecule has 1 atom stereocenters. The zero-order valence-electron chi connectivity index (χ0n) is 15.8. The molecule has 2 rings (SSSR count). The van der Waals surface area contributed by atoms with E-state index in [1.807, 2.05) is 26.0 Å². The summed E-state index contributed by atoms with van der Waals surface area (Å²) in [6.45, 7) is 7.38. The highest BCUT2D eigenvalue weighted by molar-refractivity contribution is 5.73. The highest BCUT2D eigenvalue weighted by atomic mass is 16.3. The zero-order valence-corrected chi connectivity index (χ0v) is 15.8. The number of hydrogen-bond donors (Lipinski definition) is 2. The number of carbonyl (C=O) groups excluding carboxylic acids is 1. The van der Waals surface area contributed by atoms with E-state index in [1.165, 1.54) is 12.8 Å². The average Bonchev–Trinajstić information content (AvgIpc) is 2.57. The number of likely N-dealkylation sites (tertiary alicyclic amines) is 1. The summed E-state index contributed by atoms with van der Waals surface area (Å²) in [7, 11) is 1.79. The second-order valence-electron chi connectivity index (χ2n) is 7.09. The number of nitrogens with zero attached hydrogens (tertiary/aromatic N) is 3. The van der Waals surface area contributed by atoms with Crippen molar-refractivity contribution in [1.82, 2.24) is 20.1 Å². The summed E-state index contributed by atoms with van der Waals surface area (Å²) in [5.41, 5.74) is 3.05. The molecule has 1 aliphatic rings. The number of aliphatic hydroxyl groups excluding tert-OH is 1. The smallest absolute Gasteiger partial charge is 0.317 e. The fraction of sp³-hybridized carbons (Fsp3) is 0.684. The minimum atomic E-state index is -0.0710. The van der Waals surface area contributed by atoms with E-state index in [9.17, 15) is 9.90 Å². The zero-order chi connectivity index (χ0) is 18.2. The molecule has 1 aromatic heterocycles. The van der Waals surface area contributed by atoms with E-state index in [1.54, 1.807) is 11.9 Å². The van der Waals surface area contributed by atoms with Crippen molar-refractivity contribution >= 4 is 6.03 Å². The maximum Gasteiger partial charge on any atom is 0.317 e. The van der Waals surface area contributed by atoms with Crippen molar-refractivity contribution in [1.29, 1.82) is 0 Å². The topological polar surface area (TPSA) is 68.7 Å². The first-order chi connectivity index (χ1) is 12.0. The van der Waals surface area contributed by atoms with Gasteiger partial charge in [-0.3, -0.25) is 9.88 Å². The Morgan fingerprint density at radius 3 is 2.92 bits per heavy atom. The average molecular weight is 348 g/mol. The molecule has 2 heterocycles. The molecular formula is C19H32N4O2. The normalized spacial score (nSPS) is 18.2. The van der Waals surface area contributed by atoms with Gasteiger partial charge in [-0.1, -0.05) is 6.42 Å². The van der Waals surface area contributed by atoms with Crippen LogP contribution < -0.4 is 5.32 Å². The van der Waals surface area contributed by atoms with E-state index in [2.05, 4.69) is 15.2 Å². The summed E-state index contributed by atoms with van der Waals surface area (Å²) >= 11 is 0. The van der Waals surface area contributed by atoms with E-state index in [0.717, 1.165) is 42.9 Å². The van der Waals surface area contributed by atoms with Gasteiger partial charge in [0.05, 0.1) is 18.8 Å². The van der Waals surface area contributed by atoms with E-state index < -0.39 is 0 Å². The predicted molar refractivity (Wildman–Crippen MR) is 99.5 cm³/mol. The van der Waals surface area contributed by atoms with Crippen molar-refractivity contribution in [3.8, 4) is 0 Å². The van der Waals surface area contributed by atoms with Crippen LogP contribution in [0.25, 0.3) is 0 Å². The van der Waals surface area contributed by atoms with Gasteiger partial charge >= 0.3 is 6.03 Å². The van der Waals surface area contributed by atoms with Gasteiger partial charge in [0.15, 0.2) is 0 Å². The van der Waals surface area contributed by atoms with Crippen LogP contribution in [0.4, 0.5) is 4.79 Å². The first-order valence-electron chi connectivity index (χ1n) is 9.27. The summed E-state index contributed by atoms with van der Waals surface area (Å²) in [5.74, 6) is 0. The fourth-order valence-corrected chi connectivity index (χ4v) is 3.49. The van der Waals surface area contributed by atoms with Gasteiger partial charge in [-0.25, -0.2) is 4.79 Å². The van der Waals surface area contributed by atoms with Gasteiger partial charge in [0, 0.05) is 31.9 Å². The van der Waals surface area contributed by atoms with Crippen LogP contribution in [-0.4, -0.2) is 65.3 Å². The van der Waals surface area contributed by atoms with Gasteiger partial charge in [0.2, 0.25) is 0 Å². The fourth-order valence-electron chi connectivity index (χ4n) is 3.49. The maximum absolute atomic E-state index is 12.2. The number of aliphatic hydroxyl groups is 1. The quantitative estimate of drug-likeness (QED) is 0.740. The Balaban J connectivity index is 1.70. The van der Waals surface area contributed by atoms with Gasteiger partial charge in [-0.2, -0.15) is 0 Å². The van der Waals surface area contributed by atoms with Gasteiger partial charge in [-0.15, -0.1) is 0 Å². The van der Waals surface area contributed by atoms with Gasteiger partial charge < -0.3 is 15.3 Å². The number of pyridine rings is 1. The number of hydrogen-bond acceptors (Lipinski definition) is 4. The number of aromatic nitrogens is 1. The van der Waals surface area contributed by atoms with Crippen LogP contribution in [0.15, 0.2) is 12.1 Å². The largest absolute Gasteiger partial charge is 0.395 e. The summed E-state index contributed by atoms with van der Waals surface area (Å²) in [4.78, 5) is 20.7. The molecule has 0 aliphatic carbocycles. The molecule has 2 amide bonds. The highest BCUT2D eigenvalue weighted by Gasteiger charge is 2.20. The van der Waals surface area contributed by atoms with Crippen molar-refractivity contribution < 1.29 is 9.90 Å². The maximum atomic E-state index is 12.2. The molecule has 25 heavy (non-hydrogen) atoms. The monoisotopic (exact) mass is 348 g/mol. The third-order valence-electron chi connectivity index (χ3n) is 4.75. The molecule has 1 aromatic rings. The van der Waals surface area contributed by atoms with Crippen LogP contribution in [0.3, 0.4) is 0 Å². The molecule has 0 radical (unpaired) electrons. The lowest BCUT2D eigenvalue weighted by Crippen LogP contribution is -2.43. The Labute approximate surface area is 151 Å². The Morgan fingerprint density at radius 1 is 1.40 bits per heavy atom. The molecule has 6 heteroatoms. The van der Waals surface area contributed by atoms with Crippen molar-refractivity contribution in [2.45, 2.75) is 52.1 Å². The van der Waals surface area contributed by atoms with Gasteiger partial charge in [-0.05, 0) is 57.4 Å². The number of amides is 2. The lowest BCUT2D eigenvalue weighted by Gasteiger charge is -2.34. The molecule has 0 unspecified atom stereocenters. The molecule has 0 spiro atoms. The molecule has 1 aliphatic heterocycles. The number of nitrogens with one attached hydrogen (secondary N) is 1. The number of carbonyl (C=O) groups is 1. The SMILES string of the molecule is Cc1cc(C)nc(CN(C)C(=O)NCCCN2CCCC[C@H]2CO)c1. The van der Waals surface area contributed by atoms with E-state index in [4.69, 9.17) is 0 Å². The molecule has 1 saturated heterocycles. The molecule has 0 bridgehead atoms. The molecule has 1 fully saturated rings. The lowest BCUT2D eigenvalue weighted by molar-refractivity contribution is 0.0893. The van der Waals surface area contributed by atoms with E-state index in [-0.39, 0.29) is 12.6 Å². The second kappa shape index (κ2) is 9.73. The third-order valence-corrected chi connectivity index (χ3v) is 4.75. The van der Waals surface area contributed by atoms with Crippen LogP contribution in [0, 0.1) is 13.8 Å². The standard InChI is InChI=1S/C19H32N4O2/c1-15-11-16(2)21-17(12-15)13-22(3)19(25)20-8-6-10-23-9-5-4-7-18(23)14-24/h11-12,18,24H,4-10,13-14H2,1-3H3,(H,20,25)/t18-/m0/s1. The Kier molecular flexibility index (Phi) is 7.65. The summed E-state index contributed by atoms with van der Waals surface area (Å²) in [5, 5.41) is 12.4. The molecular weight excluding hydrogens is 316 g/mol. The molecule has 0 saturated carbocycles. The Morgan fingerprint density at radius 2 is 2.20 bits per heavy atom. The van der Waals surface area contributed by atoms with Gasteiger partial charge in [0.25, 0.3) is 0 Å². The molecule has 2 N–H and O–H groups in total. The Bertz CT molecular complexity index is 544. The van der Waals surface area contributed by atoms with Crippen molar-refractivity contribution in [2.24, 2.45) is 0 Å². The van der Waals surface area contributed by atoms with Crippen LogP contribution in [0.5, 0.6) is 0 Å². The predicted octanol–water partition coefficient (Wildman–Crippen LogP) is 2.08. The van der Waals surface area contributed by atoms with Crippen molar-refractivity contribution in [3.05, 3.63) is 29.1 Å². The molecule has 6 nitrogen and oxygen atoms in total. The number of aryl methyl sites for hydroxylation is 2. The number of urea groups is 1. The lowest BCUT2D eigenvalue weighted by atomic mass is 10.0. The third kappa shape index (κ3) is 6.29. The number of rotatable bonds is 7. The van der Waals surface area contributed by atoms with Crippen LogP contribution >= 0.6 is 0 Å². The number of piperidine rings is 1. The summed E-state index contributed by atoms with van der Waals surface area (Å²) in [6.07, 6.45) is 4.39. The van der Waals surface area contributed by atoms with Crippen molar-refractivity contribution in [3.63, 3.8) is 0 Å². The first-order valence-corrected chi connectivity index (χ1v) is 9.27. The second-order valence-corrected chi connectivity index (χ2v) is 7.09. The first kappa shape index (κ1) is 19.7. The Hall–Kier alpha value is -1.66. The van der Waals surface area contributed by atoms with Crippen LogP contribution in [-0.2, 0) is 6.54 Å². The summed E-state index contributed by atoms with van der Waals surface area (Å²) in [6, 6.07) is 4.27. The van der Waals surface area contributed by atoms with Crippen molar-refractivity contribution in [2.75, 3.05) is 33.3 Å². The van der Waals surface area contributed by atoms with Crippen LogP contribution in [0.1, 0.15) is 42.6 Å². The summed E-state index contributed by atoms with van der Waals surface area (Å²) < 4.78 is 0. The molecule has 140 valence electrons. The van der Waals surface area contributed by atoms with E-state index >= 15 is 0 Å². The van der Waals surface area contributed by atoms with Crippen LogP contribution in [0.2, 0.25) is 0 Å². The minimum absolute atomic E-state index is 0.0710. The highest BCUT2D eigenvalue weighted by Crippen LogP contribution is 2.16. The van der Waals surface area contributed by atoms with E-state index in [0.29, 0.717) is 19.1 Å². The minimum Gasteiger partial charge on any atom is -0.395 e. The molecule has 0 aromatic carbocycles. The van der Waals surface area contributed by atoms with Gasteiger partial charge in [0.1, 0.15) is 0 Å².